The third-order valence-electron chi connectivity index (χ3n) is 10.4. The summed E-state index contributed by atoms with van der Waals surface area (Å²) < 4.78 is 33.2. The fourth-order valence-electron chi connectivity index (χ4n) is 7.84. The molecule has 4 N–H and O–H groups in total. The number of ether oxygens (including phenoxy) is 6. The van der Waals surface area contributed by atoms with Gasteiger partial charge in [-0.2, -0.15) is 0 Å². The van der Waals surface area contributed by atoms with Crippen molar-refractivity contribution < 1.29 is 47.9 Å². The van der Waals surface area contributed by atoms with Crippen LogP contribution in [0.3, 0.4) is 0 Å². The molecule has 3 heterocycles. The number of fused-ring (bicyclic) bond motifs is 4. The van der Waals surface area contributed by atoms with E-state index in [2.05, 4.69) is 15.6 Å². The molecule has 5 atom stereocenters. The van der Waals surface area contributed by atoms with Crippen molar-refractivity contribution >= 4 is 34.4 Å². The number of aromatic nitrogens is 1. The second-order valence-corrected chi connectivity index (χ2v) is 13.2. The van der Waals surface area contributed by atoms with E-state index < -0.39 is 35.8 Å². The van der Waals surface area contributed by atoms with Gasteiger partial charge in [0, 0.05) is 46.6 Å². The van der Waals surface area contributed by atoms with Crippen LogP contribution in [0.5, 0.6) is 28.7 Å². The van der Waals surface area contributed by atoms with E-state index in [9.17, 15) is 19.5 Å². The Morgan fingerprint density at radius 2 is 1.62 bits per heavy atom. The van der Waals surface area contributed by atoms with E-state index in [0.717, 1.165) is 27.6 Å². The minimum Gasteiger partial charge on any atom is -0.502 e. The Morgan fingerprint density at radius 1 is 0.925 bits per heavy atom. The lowest BCUT2D eigenvalue weighted by molar-refractivity contribution is -0.143. The smallest absolute Gasteiger partial charge is 0.328 e. The molecule has 0 spiro atoms. The van der Waals surface area contributed by atoms with Crippen LogP contribution in [0, 0.1) is 11.8 Å². The molecule has 5 aromatic rings. The quantitative estimate of drug-likeness (QED) is 0.140. The molecule has 1 amide bonds. The molecule has 4 aromatic carbocycles. The first-order valence-electron chi connectivity index (χ1n) is 17.1. The number of cyclic esters (lactones) is 1. The molecule has 13 heteroatoms. The maximum atomic E-state index is 13.6. The molecule has 1 fully saturated rings. The first-order valence-corrected chi connectivity index (χ1v) is 17.1. The summed E-state index contributed by atoms with van der Waals surface area (Å²) in [7, 11) is 4.20. The van der Waals surface area contributed by atoms with Crippen molar-refractivity contribution in [3.63, 3.8) is 0 Å². The fraction of sp³-hybridized carbons (Fsp3) is 0.275. The predicted octanol–water partition coefficient (Wildman–Crippen LogP) is 5.22. The molecule has 1 aliphatic carbocycles. The molecule has 3 aliphatic rings. The minimum absolute atomic E-state index is 0.0683. The number of benzene rings is 4. The Labute approximate surface area is 304 Å². The van der Waals surface area contributed by atoms with Crippen molar-refractivity contribution in [3.05, 3.63) is 107 Å². The van der Waals surface area contributed by atoms with Gasteiger partial charge in [0.25, 0.3) is 5.91 Å². The molecule has 2 aliphatic heterocycles. The maximum Gasteiger partial charge on any atom is 0.328 e. The number of hydrogen-bond donors (Lipinski definition) is 4. The van der Waals surface area contributed by atoms with Crippen LogP contribution in [-0.2, 0) is 25.5 Å². The highest BCUT2D eigenvalue weighted by molar-refractivity contribution is 5.97. The number of hydrogen-bond acceptors (Lipinski definition) is 11. The van der Waals surface area contributed by atoms with Gasteiger partial charge in [-0.3, -0.25) is 9.59 Å². The van der Waals surface area contributed by atoms with Crippen molar-refractivity contribution in [2.45, 2.75) is 24.4 Å². The molecule has 0 radical (unpaired) electrons. The lowest BCUT2D eigenvalue weighted by Crippen LogP contribution is -2.43. The molecule has 0 bridgehead atoms. The highest BCUT2D eigenvalue weighted by Gasteiger charge is 2.52. The SMILES string of the molecule is COC(=O)[C@@H](Cc1c[nH]c2ccccc12)NC(=O)c1ccc(N[C@@H]2c3cc4c(cc3[C@@H](c3cc(OC)c(O)c(OC)c3)[C@H]3C(=O)OC[C@@H]32)OCO4)cc1. The average molecular weight is 720 g/mol. The molecular weight excluding hydrogens is 682 g/mol. The number of carbonyl (C=O) groups is 3. The number of aromatic amines is 1. The summed E-state index contributed by atoms with van der Waals surface area (Å²) in [4.78, 5) is 43.0. The standard InChI is InChI=1S/C40H37N3O10/c1-48-32-13-21(14-33(49-2)37(32)44)34-25-15-30-31(53-19-52-30)16-26(25)36(27-18-51-40(47)35(27)34)42-23-10-8-20(9-11-23)38(45)43-29(39(46)50-3)12-22-17-41-28-7-5-4-6-24(22)28/h4-11,13-17,27,29,34-36,41-42,44H,12,18-19H2,1-3H3,(H,43,45)/t27-,29+,34+,35-,36+/m0/s1. The van der Waals surface area contributed by atoms with E-state index in [4.69, 9.17) is 28.4 Å². The number of para-hydroxylation sites is 1. The zero-order valence-corrected chi connectivity index (χ0v) is 29.1. The summed E-state index contributed by atoms with van der Waals surface area (Å²) in [5.74, 6) is -1.30. The van der Waals surface area contributed by atoms with Gasteiger partial charge < -0.3 is 49.1 Å². The molecule has 13 nitrogen and oxygen atoms in total. The topological polar surface area (TPSA) is 167 Å². The summed E-state index contributed by atoms with van der Waals surface area (Å²) in [6.45, 7) is 0.239. The number of anilines is 1. The van der Waals surface area contributed by atoms with E-state index in [1.54, 1.807) is 36.4 Å². The van der Waals surface area contributed by atoms with Gasteiger partial charge in [-0.1, -0.05) is 18.2 Å². The first kappa shape index (κ1) is 33.8. The van der Waals surface area contributed by atoms with Gasteiger partial charge in [0.05, 0.1) is 39.9 Å². The Balaban J connectivity index is 1.08. The van der Waals surface area contributed by atoms with Crippen LogP contribution in [0.25, 0.3) is 10.9 Å². The van der Waals surface area contributed by atoms with Crippen LogP contribution in [0.2, 0.25) is 0 Å². The van der Waals surface area contributed by atoms with E-state index in [1.807, 2.05) is 42.6 Å². The van der Waals surface area contributed by atoms with Crippen molar-refractivity contribution in [1.82, 2.24) is 10.3 Å². The van der Waals surface area contributed by atoms with Crippen molar-refractivity contribution in [2.75, 3.05) is 40.0 Å². The minimum atomic E-state index is -0.908. The number of phenolic OH excluding ortho intramolecular Hbond substituents is 1. The van der Waals surface area contributed by atoms with Crippen LogP contribution in [0.15, 0.2) is 79.0 Å². The Kier molecular flexibility index (Phi) is 8.69. The van der Waals surface area contributed by atoms with E-state index >= 15 is 0 Å². The maximum absolute atomic E-state index is 13.6. The Morgan fingerprint density at radius 3 is 2.32 bits per heavy atom. The highest BCUT2D eigenvalue weighted by atomic mass is 16.7. The van der Waals surface area contributed by atoms with Gasteiger partial charge in [0.15, 0.2) is 23.0 Å². The molecule has 8 rings (SSSR count). The number of phenols is 1. The van der Waals surface area contributed by atoms with Crippen LogP contribution in [-0.4, -0.2) is 68.7 Å². The Hall–Kier alpha value is -6.37. The van der Waals surface area contributed by atoms with Crippen LogP contribution < -0.4 is 29.6 Å². The molecule has 0 saturated carbocycles. The molecule has 1 saturated heterocycles. The summed E-state index contributed by atoms with van der Waals surface area (Å²) in [5, 5.41) is 18.1. The third kappa shape index (κ3) is 5.97. The number of rotatable bonds is 10. The lowest BCUT2D eigenvalue weighted by Gasteiger charge is -2.40. The number of amides is 1. The number of methoxy groups -OCH3 is 3. The van der Waals surface area contributed by atoms with E-state index in [-0.39, 0.29) is 49.0 Å². The second kappa shape index (κ2) is 13.6. The van der Waals surface area contributed by atoms with Gasteiger partial charge in [-0.05, 0) is 76.9 Å². The number of aromatic hydroxyl groups is 1. The van der Waals surface area contributed by atoms with E-state index in [0.29, 0.717) is 28.3 Å². The van der Waals surface area contributed by atoms with Crippen molar-refractivity contribution in [1.29, 1.82) is 0 Å². The zero-order chi connectivity index (χ0) is 36.8. The second-order valence-electron chi connectivity index (χ2n) is 13.2. The third-order valence-corrected chi connectivity index (χ3v) is 10.4. The molecule has 272 valence electrons. The van der Waals surface area contributed by atoms with Crippen molar-refractivity contribution in [3.8, 4) is 28.7 Å². The largest absolute Gasteiger partial charge is 0.502 e. The highest BCUT2D eigenvalue weighted by Crippen LogP contribution is 2.56. The average Bonchev–Trinajstić information content (AvgIpc) is 3.92. The molecule has 53 heavy (non-hydrogen) atoms. The molecular formula is C40H37N3O10. The first-order chi connectivity index (χ1) is 25.8. The van der Waals surface area contributed by atoms with Crippen LogP contribution in [0.1, 0.15) is 44.6 Å². The monoisotopic (exact) mass is 719 g/mol. The van der Waals surface area contributed by atoms with Gasteiger partial charge in [-0.15, -0.1) is 0 Å². The van der Waals surface area contributed by atoms with Gasteiger partial charge in [-0.25, -0.2) is 4.79 Å². The van der Waals surface area contributed by atoms with Crippen LogP contribution in [0.4, 0.5) is 5.69 Å². The summed E-state index contributed by atoms with van der Waals surface area (Å²) >= 11 is 0. The summed E-state index contributed by atoms with van der Waals surface area (Å²) in [5.41, 5.74) is 5.26. The summed E-state index contributed by atoms with van der Waals surface area (Å²) in [6, 6.07) is 20.6. The number of carbonyl (C=O) groups excluding carboxylic acids is 3. The van der Waals surface area contributed by atoms with Gasteiger partial charge in [0.2, 0.25) is 12.5 Å². The van der Waals surface area contributed by atoms with E-state index in [1.165, 1.54) is 21.3 Å². The lowest BCUT2D eigenvalue weighted by atomic mass is 9.65. The van der Waals surface area contributed by atoms with Gasteiger partial charge in [0.1, 0.15) is 6.04 Å². The normalized spacial score (nSPS) is 20.2. The summed E-state index contributed by atoms with van der Waals surface area (Å²) in [6.07, 6.45) is 2.08. The zero-order valence-electron chi connectivity index (χ0n) is 29.1. The fourth-order valence-corrected chi connectivity index (χ4v) is 7.84. The number of H-pyrrole nitrogens is 1. The molecule has 1 aromatic heterocycles. The number of nitrogens with one attached hydrogen (secondary N) is 3. The number of esters is 2. The van der Waals surface area contributed by atoms with Gasteiger partial charge >= 0.3 is 11.9 Å². The van der Waals surface area contributed by atoms with Crippen LogP contribution >= 0.6 is 0 Å². The predicted molar refractivity (Wildman–Crippen MR) is 192 cm³/mol. The van der Waals surface area contributed by atoms with Crippen molar-refractivity contribution in [2.24, 2.45) is 11.8 Å². The Bertz CT molecular complexity index is 2210. The molecule has 0 unspecified atom stereocenters.